The number of rotatable bonds is 21. The Morgan fingerprint density at radius 3 is 1.55 bits per heavy atom. The summed E-state index contributed by atoms with van der Waals surface area (Å²) >= 11 is 5.75. The second kappa shape index (κ2) is 19.9. The van der Waals surface area contributed by atoms with Gasteiger partial charge < -0.3 is 0 Å². The Kier molecular flexibility index (Phi) is 18.2. The molecule has 0 aliphatic carbocycles. The van der Waals surface area contributed by atoms with Crippen molar-refractivity contribution in [2.75, 3.05) is 0 Å². The van der Waals surface area contributed by atoms with Gasteiger partial charge in [0.2, 0.25) is 0 Å². The number of hydrogen-bond acceptors (Lipinski definition) is 0. The van der Waals surface area contributed by atoms with E-state index in [0.717, 1.165) is 6.42 Å². The molecule has 0 amide bonds. The van der Waals surface area contributed by atoms with E-state index in [2.05, 4.69) is 50.3 Å². The lowest BCUT2D eigenvalue weighted by molar-refractivity contribution is 0.381. The summed E-state index contributed by atoms with van der Waals surface area (Å²) in [5.41, 5.74) is 3.42. The topological polar surface area (TPSA) is 0 Å². The fourth-order valence-corrected chi connectivity index (χ4v) is 4.91. The van der Waals surface area contributed by atoms with Crippen LogP contribution in [-0.4, -0.2) is 0 Å². The van der Waals surface area contributed by atoms with Gasteiger partial charge >= 0.3 is 0 Å². The van der Waals surface area contributed by atoms with Crippen molar-refractivity contribution in [1.29, 1.82) is 0 Å². The highest BCUT2D eigenvalue weighted by molar-refractivity contribution is 6.25. The molecule has 31 heavy (non-hydrogen) atoms. The van der Waals surface area contributed by atoms with Gasteiger partial charge in [0, 0.05) is 5.54 Å². The van der Waals surface area contributed by atoms with Crippen LogP contribution < -0.4 is 0 Å². The highest BCUT2D eigenvalue weighted by atomic mass is 35.5. The zero-order chi connectivity index (χ0) is 22.5. The van der Waals surface area contributed by atoms with Crippen molar-refractivity contribution in [1.82, 2.24) is 0 Å². The largest absolute Gasteiger partial charge is 0.0933 e. The van der Waals surface area contributed by atoms with Crippen LogP contribution in [0.2, 0.25) is 0 Å². The van der Waals surface area contributed by atoms with Crippen molar-refractivity contribution >= 4 is 11.6 Å². The summed E-state index contributed by atoms with van der Waals surface area (Å²) in [4.78, 5) is 0. The third-order valence-corrected chi connectivity index (χ3v) is 7.18. The monoisotopic (exact) mass is 446 g/mol. The SMILES string of the molecule is CCCCCCCCCCCCCCCCCCC(C)(CCC=CCl)c1ccccc1. The van der Waals surface area contributed by atoms with Crippen LogP contribution in [0, 0.1) is 0 Å². The van der Waals surface area contributed by atoms with Crippen LogP contribution in [0.25, 0.3) is 0 Å². The first-order valence-electron chi connectivity index (χ1n) is 13.5. The average Bonchev–Trinajstić information content (AvgIpc) is 2.79. The van der Waals surface area contributed by atoms with Crippen LogP contribution in [-0.2, 0) is 5.41 Å². The van der Waals surface area contributed by atoms with Gasteiger partial charge in [0.1, 0.15) is 0 Å². The first-order valence-corrected chi connectivity index (χ1v) is 14.0. The molecule has 0 radical (unpaired) electrons. The summed E-state index contributed by atoms with van der Waals surface area (Å²) in [6.45, 7) is 4.74. The van der Waals surface area contributed by atoms with Crippen molar-refractivity contribution in [3.63, 3.8) is 0 Å². The molecule has 0 aliphatic rings. The van der Waals surface area contributed by atoms with E-state index >= 15 is 0 Å². The Bertz CT molecular complexity index is 520. The lowest BCUT2D eigenvalue weighted by atomic mass is 9.74. The van der Waals surface area contributed by atoms with E-state index in [4.69, 9.17) is 11.6 Å². The van der Waals surface area contributed by atoms with Crippen molar-refractivity contribution in [2.24, 2.45) is 0 Å². The maximum atomic E-state index is 5.75. The van der Waals surface area contributed by atoms with Crippen LogP contribution in [0.15, 0.2) is 41.9 Å². The van der Waals surface area contributed by atoms with Gasteiger partial charge in [0.25, 0.3) is 0 Å². The average molecular weight is 447 g/mol. The van der Waals surface area contributed by atoms with Crippen LogP contribution in [0.5, 0.6) is 0 Å². The third kappa shape index (κ3) is 14.8. The molecular formula is C30H51Cl. The Morgan fingerprint density at radius 1 is 0.645 bits per heavy atom. The minimum atomic E-state index is 0.271. The summed E-state index contributed by atoms with van der Waals surface area (Å²) in [5, 5.41) is 0. The number of halogens is 1. The molecule has 1 unspecified atom stereocenters. The standard InChI is InChI=1S/C30H51Cl/c1-3-4-5-6-7-8-9-10-11-12-13-14-15-16-17-21-26-30(2,27-22-23-28-31)29-24-19-18-20-25-29/h18-20,23-25,28H,3-17,21-22,26-27H2,1-2H3. The van der Waals surface area contributed by atoms with E-state index in [0.29, 0.717) is 0 Å². The molecular weight excluding hydrogens is 396 g/mol. The first-order chi connectivity index (χ1) is 15.2. The summed E-state index contributed by atoms with van der Waals surface area (Å²) in [6.07, 6.45) is 28.5. The molecule has 0 aromatic heterocycles. The molecule has 0 fully saturated rings. The summed E-state index contributed by atoms with van der Waals surface area (Å²) in [5.74, 6) is 0. The molecule has 0 heterocycles. The fourth-order valence-electron chi connectivity index (χ4n) is 4.78. The number of unbranched alkanes of at least 4 members (excludes halogenated alkanes) is 15. The predicted molar refractivity (Wildman–Crippen MR) is 142 cm³/mol. The molecule has 0 N–H and O–H groups in total. The van der Waals surface area contributed by atoms with E-state index in [-0.39, 0.29) is 5.41 Å². The molecule has 178 valence electrons. The number of benzene rings is 1. The molecule has 0 nitrogen and oxygen atoms in total. The molecule has 1 heteroatoms. The molecule has 0 aliphatic heterocycles. The van der Waals surface area contributed by atoms with E-state index in [1.54, 1.807) is 5.54 Å². The molecule has 1 aromatic rings. The number of hydrogen-bond donors (Lipinski definition) is 0. The minimum absolute atomic E-state index is 0.271. The van der Waals surface area contributed by atoms with Crippen molar-refractivity contribution in [2.45, 2.75) is 141 Å². The highest BCUT2D eigenvalue weighted by Crippen LogP contribution is 2.34. The van der Waals surface area contributed by atoms with Crippen LogP contribution in [0.3, 0.4) is 0 Å². The highest BCUT2D eigenvalue weighted by Gasteiger charge is 2.24. The van der Waals surface area contributed by atoms with Gasteiger partial charge in [0.05, 0.1) is 0 Å². The molecule has 1 aromatic carbocycles. The molecule has 0 saturated carbocycles. The van der Waals surface area contributed by atoms with E-state index < -0.39 is 0 Å². The first kappa shape index (κ1) is 28.3. The fraction of sp³-hybridized carbons (Fsp3) is 0.733. The maximum absolute atomic E-state index is 5.75. The number of allylic oxidation sites excluding steroid dienone is 1. The third-order valence-electron chi connectivity index (χ3n) is 7.00. The van der Waals surface area contributed by atoms with Crippen LogP contribution >= 0.6 is 11.6 Å². The smallest absolute Gasteiger partial charge is 0.000246 e. The van der Waals surface area contributed by atoms with Gasteiger partial charge in [-0.2, -0.15) is 0 Å². The zero-order valence-corrected chi connectivity index (χ0v) is 21.6. The van der Waals surface area contributed by atoms with Gasteiger partial charge in [-0.05, 0) is 30.2 Å². The van der Waals surface area contributed by atoms with Crippen molar-refractivity contribution in [3.05, 3.63) is 47.5 Å². The summed E-state index contributed by atoms with van der Waals surface area (Å²) in [6, 6.07) is 11.1. The lowest BCUT2D eigenvalue weighted by Crippen LogP contribution is -2.21. The second-order valence-corrected chi connectivity index (χ2v) is 10.1. The maximum Gasteiger partial charge on any atom is 0.000246 e. The summed E-state index contributed by atoms with van der Waals surface area (Å²) < 4.78 is 0. The minimum Gasteiger partial charge on any atom is -0.0933 e. The molecule has 0 spiro atoms. The second-order valence-electron chi connectivity index (χ2n) is 9.88. The Morgan fingerprint density at radius 2 is 1.10 bits per heavy atom. The van der Waals surface area contributed by atoms with Crippen molar-refractivity contribution in [3.8, 4) is 0 Å². The molecule has 0 bridgehead atoms. The molecule has 1 atom stereocenters. The van der Waals surface area contributed by atoms with E-state index in [9.17, 15) is 0 Å². The normalized spacial score (nSPS) is 13.6. The van der Waals surface area contributed by atoms with Gasteiger partial charge in [-0.3, -0.25) is 0 Å². The van der Waals surface area contributed by atoms with E-state index in [1.165, 1.54) is 121 Å². The quantitative estimate of drug-likeness (QED) is 0.164. The van der Waals surface area contributed by atoms with E-state index in [1.807, 2.05) is 0 Å². The summed E-state index contributed by atoms with van der Waals surface area (Å²) in [7, 11) is 0. The predicted octanol–water partition coefficient (Wildman–Crippen LogP) is 11.1. The van der Waals surface area contributed by atoms with Crippen LogP contribution in [0.1, 0.15) is 141 Å². The lowest BCUT2D eigenvalue weighted by Gasteiger charge is -2.30. The van der Waals surface area contributed by atoms with Gasteiger partial charge in [0.15, 0.2) is 0 Å². The Labute approximate surface area is 200 Å². The molecule has 1 rings (SSSR count). The zero-order valence-electron chi connectivity index (χ0n) is 20.9. The Balaban J connectivity index is 2.02. The van der Waals surface area contributed by atoms with Gasteiger partial charge in [-0.25, -0.2) is 0 Å². The van der Waals surface area contributed by atoms with Crippen LogP contribution in [0.4, 0.5) is 0 Å². The molecule has 0 saturated heterocycles. The van der Waals surface area contributed by atoms with Crippen molar-refractivity contribution < 1.29 is 0 Å². The van der Waals surface area contributed by atoms with Gasteiger partial charge in [-0.1, -0.05) is 165 Å². The van der Waals surface area contributed by atoms with Gasteiger partial charge in [-0.15, -0.1) is 0 Å². The Hall–Kier alpha value is -0.750.